The smallest absolute Gasteiger partial charge is 0.269 e. The van der Waals surface area contributed by atoms with Gasteiger partial charge in [-0.1, -0.05) is 30.3 Å². The van der Waals surface area contributed by atoms with Crippen LogP contribution in [-0.2, 0) is 5.54 Å². The lowest BCUT2D eigenvalue weighted by atomic mass is 9.92. The van der Waals surface area contributed by atoms with E-state index in [2.05, 4.69) is 15.5 Å². The number of aromatic nitrogens is 2. The lowest BCUT2D eigenvalue weighted by Gasteiger charge is -2.30. The summed E-state index contributed by atoms with van der Waals surface area (Å²) in [6.07, 6.45) is 0. The van der Waals surface area contributed by atoms with Gasteiger partial charge in [0, 0.05) is 6.54 Å². The van der Waals surface area contributed by atoms with Gasteiger partial charge in [0.15, 0.2) is 5.69 Å². The Kier molecular flexibility index (Phi) is 3.95. The summed E-state index contributed by atoms with van der Waals surface area (Å²) in [4.78, 5) is 11.0. The van der Waals surface area contributed by atoms with Crippen molar-refractivity contribution in [3.63, 3.8) is 0 Å². The van der Waals surface area contributed by atoms with E-state index in [0.717, 1.165) is 5.56 Å². The van der Waals surface area contributed by atoms with Crippen molar-refractivity contribution < 1.29 is 4.79 Å². The van der Waals surface area contributed by atoms with Crippen molar-refractivity contribution in [1.82, 2.24) is 10.2 Å². The SMILES string of the molecule is CC(CN)(Nc1ccc(C(N)=O)nn1)c1ccccc1. The van der Waals surface area contributed by atoms with Gasteiger partial charge >= 0.3 is 0 Å². The van der Waals surface area contributed by atoms with Crippen LogP contribution in [0.2, 0.25) is 0 Å². The Morgan fingerprint density at radius 1 is 1.20 bits per heavy atom. The van der Waals surface area contributed by atoms with Crippen molar-refractivity contribution in [2.45, 2.75) is 12.5 Å². The van der Waals surface area contributed by atoms with Gasteiger partial charge in [-0.3, -0.25) is 4.79 Å². The van der Waals surface area contributed by atoms with Gasteiger partial charge < -0.3 is 16.8 Å². The van der Waals surface area contributed by atoms with Gasteiger partial charge in [-0.25, -0.2) is 0 Å². The molecule has 0 saturated heterocycles. The standard InChI is InChI=1S/C14H17N5O/c1-14(9-15,10-5-3-2-4-6-10)17-12-8-7-11(13(16)20)18-19-12/h2-8H,9,15H2,1H3,(H2,16,20)(H,17,19). The topological polar surface area (TPSA) is 107 Å². The Morgan fingerprint density at radius 2 is 1.90 bits per heavy atom. The molecule has 1 heterocycles. The zero-order chi connectivity index (χ0) is 14.6. The molecule has 1 atom stereocenters. The van der Waals surface area contributed by atoms with Crippen LogP contribution in [-0.4, -0.2) is 22.6 Å². The molecule has 6 heteroatoms. The quantitative estimate of drug-likeness (QED) is 0.747. The summed E-state index contributed by atoms with van der Waals surface area (Å²) in [7, 11) is 0. The molecule has 6 nitrogen and oxygen atoms in total. The fraction of sp³-hybridized carbons (Fsp3) is 0.214. The highest BCUT2D eigenvalue weighted by molar-refractivity contribution is 5.90. The van der Waals surface area contributed by atoms with Crippen LogP contribution in [0.15, 0.2) is 42.5 Å². The lowest BCUT2D eigenvalue weighted by Crippen LogP contribution is -2.40. The second-order valence-corrected chi connectivity index (χ2v) is 4.70. The highest BCUT2D eigenvalue weighted by Crippen LogP contribution is 2.23. The maximum atomic E-state index is 11.0. The summed E-state index contributed by atoms with van der Waals surface area (Å²) < 4.78 is 0. The van der Waals surface area contributed by atoms with Crippen LogP contribution in [0.4, 0.5) is 5.82 Å². The van der Waals surface area contributed by atoms with Crippen LogP contribution in [0.3, 0.4) is 0 Å². The summed E-state index contributed by atoms with van der Waals surface area (Å²) in [6.45, 7) is 2.36. The van der Waals surface area contributed by atoms with Crippen LogP contribution in [0.1, 0.15) is 23.0 Å². The van der Waals surface area contributed by atoms with Crippen molar-refractivity contribution in [2.75, 3.05) is 11.9 Å². The van der Waals surface area contributed by atoms with Gasteiger partial charge in [0.25, 0.3) is 5.91 Å². The van der Waals surface area contributed by atoms with E-state index in [1.54, 1.807) is 6.07 Å². The van der Waals surface area contributed by atoms with E-state index in [1.807, 2.05) is 37.3 Å². The molecule has 0 bridgehead atoms. The summed E-state index contributed by atoms with van der Waals surface area (Å²) in [5.74, 6) is -0.0690. The van der Waals surface area contributed by atoms with Crippen LogP contribution >= 0.6 is 0 Å². The third kappa shape index (κ3) is 2.92. The number of hydrogen-bond donors (Lipinski definition) is 3. The second kappa shape index (κ2) is 5.66. The maximum absolute atomic E-state index is 11.0. The lowest BCUT2D eigenvalue weighted by molar-refractivity contribution is 0.0994. The first-order valence-corrected chi connectivity index (χ1v) is 6.22. The van der Waals surface area contributed by atoms with E-state index >= 15 is 0 Å². The molecule has 2 aromatic rings. The van der Waals surface area contributed by atoms with Crippen molar-refractivity contribution in [3.05, 3.63) is 53.7 Å². The summed E-state index contributed by atoms with van der Waals surface area (Å²) in [5, 5.41) is 10.9. The Hall–Kier alpha value is -2.47. The van der Waals surface area contributed by atoms with Crippen molar-refractivity contribution in [2.24, 2.45) is 11.5 Å². The normalized spacial score (nSPS) is 13.5. The number of nitrogens with zero attached hydrogens (tertiary/aromatic N) is 2. The monoisotopic (exact) mass is 271 g/mol. The molecule has 0 saturated carbocycles. The second-order valence-electron chi connectivity index (χ2n) is 4.70. The number of carbonyl (C=O) groups is 1. The van der Waals surface area contributed by atoms with Gasteiger partial charge in [0.05, 0.1) is 5.54 Å². The van der Waals surface area contributed by atoms with E-state index in [4.69, 9.17) is 11.5 Å². The van der Waals surface area contributed by atoms with E-state index in [-0.39, 0.29) is 5.69 Å². The Labute approximate surface area is 117 Å². The molecule has 0 aliphatic rings. The number of hydrogen-bond acceptors (Lipinski definition) is 5. The first-order valence-electron chi connectivity index (χ1n) is 6.22. The Balaban J connectivity index is 2.24. The molecule has 1 aromatic heterocycles. The average molecular weight is 271 g/mol. The number of nitrogens with two attached hydrogens (primary N) is 2. The van der Waals surface area contributed by atoms with Crippen LogP contribution in [0, 0.1) is 0 Å². The highest BCUT2D eigenvalue weighted by Gasteiger charge is 2.25. The molecule has 1 amide bonds. The minimum absolute atomic E-state index is 0.129. The third-order valence-electron chi connectivity index (χ3n) is 3.14. The van der Waals surface area contributed by atoms with Gasteiger partial charge in [0.2, 0.25) is 0 Å². The van der Waals surface area contributed by atoms with Gasteiger partial charge in [-0.15, -0.1) is 10.2 Å². The zero-order valence-electron chi connectivity index (χ0n) is 11.2. The van der Waals surface area contributed by atoms with Crippen LogP contribution in [0.25, 0.3) is 0 Å². The number of primary amides is 1. The molecule has 0 fully saturated rings. The number of nitrogens with one attached hydrogen (secondary N) is 1. The minimum atomic E-state index is -0.603. The average Bonchev–Trinajstić information content (AvgIpc) is 2.48. The number of carbonyl (C=O) groups excluding carboxylic acids is 1. The van der Waals surface area contributed by atoms with Gasteiger partial charge in [0.1, 0.15) is 5.82 Å². The predicted octanol–water partition coefficient (Wildman–Crippen LogP) is 0.862. The molecular formula is C14H17N5O. The third-order valence-corrected chi connectivity index (χ3v) is 3.14. The van der Waals surface area contributed by atoms with Crippen molar-refractivity contribution in [3.8, 4) is 0 Å². The van der Waals surface area contributed by atoms with E-state index < -0.39 is 11.4 Å². The first-order chi connectivity index (χ1) is 9.55. The molecule has 0 spiro atoms. The number of benzene rings is 1. The van der Waals surface area contributed by atoms with Crippen LogP contribution in [0.5, 0.6) is 0 Å². The van der Waals surface area contributed by atoms with E-state index in [1.165, 1.54) is 6.07 Å². The molecule has 104 valence electrons. The number of rotatable bonds is 5. The summed E-state index contributed by atoms with van der Waals surface area (Å²) in [6, 6.07) is 13.0. The largest absolute Gasteiger partial charge is 0.364 e. The number of amides is 1. The molecule has 1 aromatic carbocycles. The van der Waals surface area contributed by atoms with Gasteiger partial charge in [-0.2, -0.15) is 0 Å². The van der Waals surface area contributed by atoms with Crippen LogP contribution < -0.4 is 16.8 Å². The zero-order valence-corrected chi connectivity index (χ0v) is 11.2. The maximum Gasteiger partial charge on any atom is 0.269 e. The molecule has 20 heavy (non-hydrogen) atoms. The summed E-state index contributed by atoms with van der Waals surface area (Å²) >= 11 is 0. The van der Waals surface area contributed by atoms with Gasteiger partial charge in [-0.05, 0) is 24.6 Å². The fourth-order valence-electron chi connectivity index (χ4n) is 1.86. The highest BCUT2D eigenvalue weighted by atomic mass is 16.1. The molecule has 0 aliphatic carbocycles. The molecule has 1 unspecified atom stereocenters. The van der Waals surface area contributed by atoms with E-state index in [0.29, 0.717) is 12.4 Å². The number of anilines is 1. The van der Waals surface area contributed by atoms with Crippen molar-refractivity contribution in [1.29, 1.82) is 0 Å². The molecule has 5 N–H and O–H groups in total. The molecule has 0 radical (unpaired) electrons. The molecule has 2 rings (SSSR count). The minimum Gasteiger partial charge on any atom is -0.364 e. The van der Waals surface area contributed by atoms with E-state index in [9.17, 15) is 4.79 Å². The fourth-order valence-corrected chi connectivity index (χ4v) is 1.86. The Morgan fingerprint density at radius 3 is 2.40 bits per heavy atom. The first kappa shape index (κ1) is 14.0. The summed E-state index contributed by atoms with van der Waals surface area (Å²) in [5.41, 5.74) is 11.7. The van der Waals surface area contributed by atoms with Crippen molar-refractivity contribution >= 4 is 11.7 Å². The Bertz CT molecular complexity index is 584. The predicted molar refractivity (Wildman–Crippen MR) is 77.0 cm³/mol. The molecular weight excluding hydrogens is 254 g/mol. The molecule has 0 aliphatic heterocycles.